The van der Waals surface area contributed by atoms with Crippen LogP contribution in [0.5, 0.6) is 0 Å². The van der Waals surface area contributed by atoms with Gasteiger partial charge >= 0.3 is 18.6 Å². The highest BCUT2D eigenvalue weighted by Crippen LogP contribution is 1.74. The van der Waals surface area contributed by atoms with Crippen LogP contribution in [0, 0.1) is 34.4 Å². The second-order valence-electron chi connectivity index (χ2n) is 4.44. The number of nitriles is 3. The maximum absolute atomic E-state index is 8.42. The molecule has 3 heterocycles. The van der Waals surface area contributed by atoms with E-state index in [4.69, 9.17) is 30.9 Å². The van der Waals surface area contributed by atoms with E-state index in [1.807, 2.05) is 73.2 Å². The fraction of sp³-hybridized carbons (Fsp3) is 0. The minimum atomic E-state index is -2.92. The Bertz CT molecular complexity index is 771. The first-order chi connectivity index (χ1) is 13.5. The van der Waals surface area contributed by atoms with E-state index in [1.54, 1.807) is 37.2 Å². The molecule has 28 heavy (non-hydrogen) atoms. The Morgan fingerprint density at radius 2 is 0.643 bits per heavy atom. The smallest absolute Gasteiger partial charge is 0.463 e. The molecule has 9 nitrogen and oxygen atoms in total. The van der Waals surface area contributed by atoms with Gasteiger partial charge in [-0.05, 0) is 36.4 Å². The lowest BCUT2D eigenvalue weighted by Gasteiger charge is -2.35. The SMILES string of the molecule is N#C[n+]1ccccc1.N#C[n+]1ccccc1.N#C[n+]1ccccc1.[O-]B([O-])[O-]. The summed E-state index contributed by atoms with van der Waals surface area (Å²) >= 11 is 0. The van der Waals surface area contributed by atoms with Crippen LogP contribution in [-0.2, 0) is 0 Å². The maximum atomic E-state index is 8.42. The minimum absolute atomic E-state index is 1.43. The number of hydrogen-bond acceptors (Lipinski definition) is 6. The molecule has 0 fully saturated rings. The third kappa shape index (κ3) is 14.2. The first kappa shape index (κ1) is 23.9. The van der Waals surface area contributed by atoms with Gasteiger partial charge in [0.25, 0.3) is 0 Å². The highest BCUT2D eigenvalue weighted by Gasteiger charge is 1.86. The molecular weight excluding hydrogens is 359 g/mol. The monoisotopic (exact) mass is 374 g/mol. The molecule has 3 rings (SSSR count). The molecule has 0 atom stereocenters. The first-order valence-corrected chi connectivity index (χ1v) is 7.60. The van der Waals surface area contributed by atoms with Crippen molar-refractivity contribution in [1.82, 2.24) is 0 Å². The molecule has 0 unspecified atom stereocenters. The Hall–Kier alpha value is -4.14. The first-order valence-electron chi connectivity index (χ1n) is 7.60. The third-order valence-electron chi connectivity index (χ3n) is 2.49. The van der Waals surface area contributed by atoms with E-state index >= 15 is 0 Å². The average molecular weight is 374 g/mol. The van der Waals surface area contributed by atoms with Crippen molar-refractivity contribution < 1.29 is 28.8 Å². The van der Waals surface area contributed by atoms with E-state index in [0.717, 1.165) is 0 Å². The molecule has 0 saturated heterocycles. The molecule has 0 bridgehead atoms. The van der Waals surface area contributed by atoms with Crippen molar-refractivity contribution in [3.05, 3.63) is 91.8 Å². The highest BCUT2D eigenvalue weighted by atomic mass is 16.5. The summed E-state index contributed by atoms with van der Waals surface area (Å²) in [5, 5.41) is 50.0. The van der Waals surface area contributed by atoms with Crippen LogP contribution in [0.3, 0.4) is 0 Å². The highest BCUT2D eigenvalue weighted by molar-refractivity contribution is 6.24. The quantitative estimate of drug-likeness (QED) is 0.301. The van der Waals surface area contributed by atoms with Gasteiger partial charge in [0.1, 0.15) is 37.2 Å². The zero-order valence-electron chi connectivity index (χ0n) is 14.6. The van der Waals surface area contributed by atoms with Gasteiger partial charge in [0, 0.05) is 0 Å². The summed E-state index contributed by atoms with van der Waals surface area (Å²) in [4.78, 5) is 0. The van der Waals surface area contributed by atoms with E-state index < -0.39 is 7.32 Å². The summed E-state index contributed by atoms with van der Waals surface area (Å²) < 4.78 is 4.29. The summed E-state index contributed by atoms with van der Waals surface area (Å²) in [6, 6.07) is 16.5. The lowest BCUT2D eigenvalue weighted by atomic mass is 10.3. The van der Waals surface area contributed by atoms with Crippen LogP contribution in [0.4, 0.5) is 0 Å². The Labute approximate surface area is 162 Å². The number of pyridine rings is 3. The fourth-order valence-electron chi connectivity index (χ4n) is 1.40. The summed E-state index contributed by atoms with van der Waals surface area (Å²) in [6.07, 6.45) is 16.0. The Morgan fingerprint density at radius 3 is 0.750 bits per heavy atom. The second kappa shape index (κ2) is 16.3. The van der Waals surface area contributed by atoms with Gasteiger partial charge in [0.05, 0.1) is 0 Å². The Balaban J connectivity index is 0.000000358. The molecule has 0 spiro atoms. The molecule has 138 valence electrons. The summed E-state index contributed by atoms with van der Waals surface area (Å²) in [7, 11) is -2.92. The van der Waals surface area contributed by atoms with Crippen molar-refractivity contribution in [2.45, 2.75) is 0 Å². The predicted octanol–water partition coefficient (Wildman–Crippen LogP) is -3.04. The third-order valence-corrected chi connectivity index (χ3v) is 2.49. The van der Waals surface area contributed by atoms with Crippen molar-refractivity contribution in [3.63, 3.8) is 0 Å². The van der Waals surface area contributed by atoms with E-state index in [9.17, 15) is 0 Å². The van der Waals surface area contributed by atoms with Gasteiger partial charge in [0.15, 0.2) is 15.8 Å². The predicted molar refractivity (Wildman–Crippen MR) is 88.7 cm³/mol. The number of rotatable bonds is 0. The summed E-state index contributed by atoms with van der Waals surface area (Å²) in [5.74, 6) is 0. The molecule has 0 saturated carbocycles. The molecule has 0 radical (unpaired) electrons. The molecule has 0 amide bonds. The lowest BCUT2D eigenvalue weighted by molar-refractivity contribution is -0.586. The topological polar surface area (TPSA) is 152 Å². The molecule has 0 aliphatic heterocycles. The van der Waals surface area contributed by atoms with Crippen molar-refractivity contribution >= 4 is 7.32 Å². The van der Waals surface area contributed by atoms with E-state index in [0.29, 0.717) is 0 Å². The van der Waals surface area contributed by atoms with Gasteiger partial charge in [0.2, 0.25) is 0 Å². The van der Waals surface area contributed by atoms with Crippen molar-refractivity contribution in [1.29, 1.82) is 15.8 Å². The number of nitrogens with zero attached hydrogens (tertiary/aromatic N) is 6. The zero-order chi connectivity index (χ0) is 21.0. The van der Waals surface area contributed by atoms with Gasteiger partial charge in [-0.25, -0.2) is 0 Å². The average Bonchev–Trinajstić information content (AvgIpc) is 2.76. The van der Waals surface area contributed by atoms with E-state index in [-0.39, 0.29) is 0 Å². The lowest BCUT2D eigenvalue weighted by Crippen LogP contribution is -2.56. The van der Waals surface area contributed by atoms with Crippen LogP contribution in [0.25, 0.3) is 0 Å². The van der Waals surface area contributed by atoms with Crippen LogP contribution in [0.15, 0.2) is 91.8 Å². The standard InChI is InChI=1S/3C6H5N2.BO3/c3*7-6-8-4-2-1-3-5-8;2-1(3)4/h3*1-5H;/q3*+1;-3. The Morgan fingerprint density at radius 1 is 0.464 bits per heavy atom. The minimum Gasteiger partial charge on any atom is -0.907 e. The van der Waals surface area contributed by atoms with E-state index in [1.165, 1.54) is 13.7 Å². The van der Waals surface area contributed by atoms with Gasteiger partial charge < -0.3 is 15.1 Å². The molecule has 0 aromatic carbocycles. The largest absolute Gasteiger partial charge is 0.907 e. The van der Waals surface area contributed by atoms with Crippen LogP contribution in [-0.4, -0.2) is 7.32 Å². The molecule has 0 N–H and O–H groups in total. The van der Waals surface area contributed by atoms with Crippen molar-refractivity contribution in [2.24, 2.45) is 0 Å². The van der Waals surface area contributed by atoms with Crippen LogP contribution in [0.2, 0.25) is 0 Å². The maximum Gasteiger partial charge on any atom is 0.463 e. The molecule has 3 aromatic heterocycles. The second-order valence-corrected chi connectivity index (χ2v) is 4.44. The van der Waals surface area contributed by atoms with Crippen LogP contribution >= 0.6 is 0 Å². The fourth-order valence-corrected chi connectivity index (χ4v) is 1.40. The summed E-state index contributed by atoms with van der Waals surface area (Å²) in [6.45, 7) is 0. The van der Waals surface area contributed by atoms with Crippen molar-refractivity contribution in [2.75, 3.05) is 0 Å². The zero-order valence-corrected chi connectivity index (χ0v) is 14.6. The van der Waals surface area contributed by atoms with Gasteiger partial charge in [-0.15, -0.1) is 13.7 Å². The van der Waals surface area contributed by atoms with Gasteiger partial charge in [-0.3, -0.25) is 7.32 Å². The van der Waals surface area contributed by atoms with Crippen molar-refractivity contribution in [3.8, 4) is 18.6 Å². The summed E-state index contributed by atoms with van der Waals surface area (Å²) in [5.41, 5.74) is 0. The van der Waals surface area contributed by atoms with Crippen LogP contribution in [0.1, 0.15) is 0 Å². The number of hydrogen-bond donors (Lipinski definition) is 0. The molecule has 0 aliphatic carbocycles. The Kier molecular flexibility index (Phi) is 13.9. The molecular formula is C18H15BN6O3. The molecule has 0 aliphatic rings. The molecule has 10 heteroatoms. The molecule has 3 aromatic rings. The van der Waals surface area contributed by atoms with Gasteiger partial charge in [-0.1, -0.05) is 18.2 Å². The van der Waals surface area contributed by atoms with Gasteiger partial charge in [-0.2, -0.15) is 0 Å². The number of aromatic nitrogens is 3. The normalized spacial score (nSPS) is 7.71. The van der Waals surface area contributed by atoms with Crippen LogP contribution < -0.4 is 28.8 Å². The van der Waals surface area contributed by atoms with E-state index in [2.05, 4.69) is 0 Å².